The fourth-order valence-corrected chi connectivity index (χ4v) is 2.36. The van der Waals surface area contributed by atoms with Gasteiger partial charge in [-0.3, -0.25) is 9.59 Å². The maximum Gasteiger partial charge on any atom is 0.224 e. The lowest BCUT2D eigenvalue weighted by Crippen LogP contribution is -2.37. The quantitative estimate of drug-likeness (QED) is 0.740. The third kappa shape index (κ3) is 5.47. The summed E-state index contributed by atoms with van der Waals surface area (Å²) < 4.78 is 13.0. The highest BCUT2D eigenvalue weighted by Crippen LogP contribution is 2.16. The molecular formula is C17H25FN2O2. The van der Waals surface area contributed by atoms with E-state index in [-0.39, 0.29) is 24.1 Å². The molecule has 0 radical (unpaired) electrons. The van der Waals surface area contributed by atoms with Crippen LogP contribution in [0.3, 0.4) is 0 Å². The SMILES string of the molecule is CCCN(CCC)C(=O)CCN(C(C)=O)c1ccc(F)cc1. The van der Waals surface area contributed by atoms with Crippen LogP contribution in [0.2, 0.25) is 0 Å². The van der Waals surface area contributed by atoms with Gasteiger partial charge in [0.05, 0.1) is 0 Å². The van der Waals surface area contributed by atoms with E-state index in [4.69, 9.17) is 0 Å². The van der Waals surface area contributed by atoms with Crippen molar-refractivity contribution in [3.63, 3.8) is 0 Å². The molecule has 0 bridgehead atoms. The Kier molecular flexibility index (Phi) is 7.57. The maximum absolute atomic E-state index is 13.0. The van der Waals surface area contributed by atoms with Crippen LogP contribution in [0.1, 0.15) is 40.0 Å². The van der Waals surface area contributed by atoms with E-state index in [9.17, 15) is 14.0 Å². The second-order valence-corrected chi connectivity index (χ2v) is 5.28. The van der Waals surface area contributed by atoms with E-state index < -0.39 is 0 Å². The van der Waals surface area contributed by atoms with Gasteiger partial charge in [0.2, 0.25) is 11.8 Å². The van der Waals surface area contributed by atoms with Crippen molar-refractivity contribution in [2.75, 3.05) is 24.5 Å². The van der Waals surface area contributed by atoms with Crippen molar-refractivity contribution in [3.8, 4) is 0 Å². The summed E-state index contributed by atoms with van der Waals surface area (Å²) in [5, 5.41) is 0. The van der Waals surface area contributed by atoms with Crippen LogP contribution in [0.5, 0.6) is 0 Å². The fraction of sp³-hybridized carbons (Fsp3) is 0.529. The monoisotopic (exact) mass is 308 g/mol. The van der Waals surface area contributed by atoms with E-state index in [0.29, 0.717) is 12.2 Å². The molecule has 0 fully saturated rings. The van der Waals surface area contributed by atoms with Crippen LogP contribution in [0, 0.1) is 5.82 Å². The summed E-state index contributed by atoms with van der Waals surface area (Å²) >= 11 is 0. The molecule has 1 rings (SSSR count). The van der Waals surface area contributed by atoms with Gasteiger partial charge in [0.15, 0.2) is 0 Å². The summed E-state index contributed by atoms with van der Waals surface area (Å²) in [5.41, 5.74) is 0.610. The van der Waals surface area contributed by atoms with Crippen LogP contribution in [0.15, 0.2) is 24.3 Å². The lowest BCUT2D eigenvalue weighted by Gasteiger charge is -2.25. The molecule has 0 aromatic heterocycles. The first kappa shape index (κ1) is 18.1. The largest absolute Gasteiger partial charge is 0.343 e. The van der Waals surface area contributed by atoms with Gasteiger partial charge in [0, 0.05) is 38.7 Å². The molecule has 5 heteroatoms. The second-order valence-electron chi connectivity index (χ2n) is 5.28. The first-order valence-electron chi connectivity index (χ1n) is 7.81. The third-order valence-electron chi connectivity index (χ3n) is 3.41. The molecular weight excluding hydrogens is 283 g/mol. The summed E-state index contributed by atoms with van der Waals surface area (Å²) in [6.45, 7) is 7.31. The lowest BCUT2D eigenvalue weighted by atomic mass is 10.2. The van der Waals surface area contributed by atoms with Crippen molar-refractivity contribution in [1.82, 2.24) is 4.90 Å². The van der Waals surface area contributed by atoms with Crippen LogP contribution >= 0.6 is 0 Å². The van der Waals surface area contributed by atoms with E-state index in [0.717, 1.165) is 25.9 Å². The van der Waals surface area contributed by atoms with E-state index in [1.807, 2.05) is 18.7 Å². The van der Waals surface area contributed by atoms with Crippen molar-refractivity contribution in [3.05, 3.63) is 30.1 Å². The van der Waals surface area contributed by atoms with Crippen LogP contribution in [0.25, 0.3) is 0 Å². The Balaban J connectivity index is 2.69. The molecule has 4 nitrogen and oxygen atoms in total. The predicted molar refractivity (Wildman–Crippen MR) is 86.2 cm³/mol. The molecule has 0 heterocycles. The zero-order valence-electron chi connectivity index (χ0n) is 13.6. The van der Waals surface area contributed by atoms with Gasteiger partial charge in [-0.25, -0.2) is 4.39 Å². The number of hydrogen-bond acceptors (Lipinski definition) is 2. The molecule has 0 aliphatic heterocycles. The van der Waals surface area contributed by atoms with Gasteiger partial charge in [-0.05, 0) is 37.1 Å². The molecule has 0 saturated carbocycles. The maximum atomic E-state index is 13.0. The van der Waals surface area contributed by atoms with Gasteiger partial charge < -0.3 is 9.80 Å². The Morgan fingerprint density at radius 1 is 1.00 bits per heavy atom. The van der Waals surface area contributed by atoms with Gasteiger partial charge >= 0.3 is 0 Å². The number of hydrogen-bond donors (Lipinski definition) is 0. The zero-order valence-corrected chi connectivity index (χ0v) is 13.6. The van der Waals surface area contributed by atoms with Crippen LogP contribution in [-0.2, 0) is 9.59 Å². The van der Waals surface area contributed by atoms with Crippen LogP contribution < -0.4 is 4.90 Å². The number of benzene rings is 1. The van der Waals surface area contributed by atoms with E-state index in [1.165, 1.54) is 24.0 Å². The Morgan fingerprint density at radius 3 is 2.00 bits per heavy atom. The third-order valence-corrected chi connectivity index (χ3v) is 3.41. The summed E-state index contributed by atoms with van der Waals surface area (Å²) in [4.78, 5) is 27.4. The molecule has 1 aromatic carbocycles. The number of carbonyl (C=O) groups is 2. The first-order chi connectivity index (χ1) is 10.5. The number of nitrogens with zero attached hydrogens (tertiary/aromatic N) is 2. The number of rotatable bonds is 8. The molecule has 122 valence electrons. The molecule has 0 N–H and O–H groups in total. The summed E-state index contributed by atoms with van der Waals surface area (Å²) in [7, 11) is 0. The summed E-state index contributed by atoms with van der Waals surface area (Å²) in [5.74, 6) is -0.450. The number of amides is 2. The fourth-order valence-electron chi connectivity index (χ4n) is 2.36. The predicted octanol–water partition coefficient (Wildman–Crippen LogP) is 3.22. The molecule has 0 aliphatic carbocycles. The highest BCUT2D eigenvalue weighted by atomic mass is 19.1. The van der Waals surface area contributed by atoms with Gasteiger partial charge in [-0.2, -0.15) is 0 Å². The number of halogens is 1. The molecule has 22 heavy (non-hydrogen) atoms. The summed E-state index contributed by atoms with van der Waals surface area (Å²) in [6.07, 6.45) is 2.11. The topological polar surface area (TPSA) is 40.6 Å². The van der Waals surface area contributed by atoms with Crippen molar-refractivity contribution < 1.29 is 14.0 Å². The van der Waals surface area contributed by atoms with Crippen molar-refractivity contribution in [1.29, 1.82) is 0 Å². The Morgan fingerprint density at radius 2 is 1.55 bits per heavy atom. The molecule has 0 unspecified atom stereocenters. The molecule has 1 aromatic rings. The van der Waals surface area contributed by atoms with Crippen molar-refractivity contribution in [2.45, 2.75) is 40.0 Å². The molecule has 2 amide bonds. The highest BCUT2D eigenvalue weighted by molar-refractivity contribution is 5.92. The first-order valence-corrected chi connectivity index (χ1v) is 7.81. The number of anilines is 1. The molecule has 0 saturated heterocycles. The minimum atomic E-state index is -0.347. The zero-order chi connectivity index (χ0) is 16.5. The second kappa shape index (κ2) is 9.18. The minimum Gasteiger partial charge on any atom is -0.343 e. The van der Waals surface area contributed by atoms with Gasteiger partial charge in [-0.1, -0.05) is 13.8 Å². The standard InChI is InChI=1S/C17H25FN2O2/c1-4-11-19(12-5-2)17(22)10-13-20(14(3)21)16-8-6-15(18)7-9-16/h6-9H,4-5,10-13H2,1-3H3. The average Bonchev–Trinajstić information content (AvgIpc) is 2.48. The van der Waals surface area contributed by atoms with Crippen LogP contribution in [0.4, 0.5) is 10.1 Å². The van der Waals surface area contributed by atoms with E-state index in [2.05, 4.69) is 0 Å². The Hall–Kier alpha value is -1.91. The average molecular weight is 308 g/mol. The van der Waals surface area contributed by atoms with Gasteiger partial charge in [0.25, 0.3) is 0 Å². The normalized spacial score (nSPS) is 10.4. The van der Waals surface area contributed by atoms with Crippen molar-refractivity contribution >= 4 is 17.5 Å². The summed E-state index contributed by atoms with van der Waals surface area (Å²) in [6, 6.07) is 5.73. The van der Waals surface area contributed by atoms with Gasteiger partial charge in [0.1, 0.15) is 5.82 Å². The molecule has 0 atom stereocenters. The number of carbonyl (C=O) groups excluding carboxylic acids is 2. The lowest BCUT2D eigenvalue weighted by molar-refractivity contribution is -0.131. The van der Waals surface area contributed by atoms with E-state index in [1.54, 1.807) is 12.1 Å². The van der Waals surface area contributed by atoms with Gasteiger partial charge in [-0.15, -0.1) is 0 Å². The van der Waals surface area contributed by atoms with Crippen molar-refractivity contribution in [2.24, 2.45) is 0 Å². The Labute approximate surface area is 131 Å². The Bertz CT molecular complexity index is 482. The van der Waals surface area contributed by atoms with E-state index >= 15 is 0 Å². The van der Waals surface area contributed by atoms with Crippen LogP contribution in [-0.4, -0.2) is 36.3 Å². The highest BCUT2D eigenvalue weighted by Gasteiger charge is 2.16. The molecule has 0 spiro atoms. The minimum absolute atomic E-state index is 0.0528. The smallest absolute Gasteiger partial charge is 0.224 e. The molecule has 0 aliphatic rings.